The lowest BCUT2D eigenvalue weighted by Gasteiger charge is -2.28. The number of amides is 3. The Balaban J connectivity index is 1.35. The number of benzene rings is 1. The molecular weight excluding hydrogens is 488 g/mol. The monoisotopic (exact) mass is 512 g/mol. The average Bonchev–Trinajstić information content (AvgIpc) is 3.57. The van der Waals surface area contributed by atoms with Crippen LogP contribution >= 0.6 is 0 Å². The van der Waals surface area contributed by atoms with E-state index in [2.05, 4.69) is 20.3 Å². The molecule has 6 rings (SSSR count). The first-order valence-electron chi connectivity index (χ1n) is 12.0. The maximum atomic E-state index is 13.2. The van der Waals surface area contributed by atoms with Crippen LogP contribution in [0.3, 0.4) is 0 Å². The number of ether oxygens (including phenoxy) is 1. The minimum absolute atomic E-state index is 0.0209. The van der Waals surface area contributed by atoms with Gasteiger partial charge in [-0.05, 0) is 29.8 Å². The number of nitrogens with zero attached hydrogens (tertiary/aromatic N) is 5. The molecule has 0 aliphatic carbocycles. The van der Waals surface area contributed by atoms with Crippen molar-refractivity contribution in [1.29, 1.82) is 0 Å². The summed E-state index contributed by atoms with van der Waals surface area (Å²) in [6.07, 6.45) is 3.24. The largest absolute Gasteiger partial charge is 0.497 e. The maximum absolute atomic E-state index is 13.2. The maximum Gasteiger partial charge on any atom is 0.254 e. The number of aromatic nitrogens is 3. The highest BCUT2D eigenvalue weighted by molar-refractivity contribution is 6.10. The summed E-state index contributed by atoms with van der Waals surface area (Å²) in [6.45, 7) is 0.292. The molecule has 1 fully saturated rings. The van der Waals surface area contributed by atoms with Crippen LogP contribution in [0, 0.1) is 0 Å². The molecule has 1 N–H and O–H groups in total. The summed E-state index contributed by atoms with van der Waals surface area (Å²) in [7, 11) is 5.25. The Hall–Kier alpha value is -4.80. The lowest BCUT2D eigenvalue weighted by Crippen LogP contribution is -2.46. The SMILES string of the molecule is COc1ccc2c(c1)C(=O)N(C[C@@]1(c3cc4nc(-c5cnc(N(C)C)nc5)ccc4o3)CC(=O)NC1=O)C2. The van der Waals surface area contributed by atoms with Crippen molar-refractivity contribution in [2.75, 3.05) is 32.6 Å². The number of methoxy groups -OCH3 is 1. The molecule has 0 unspecified atom stereocenters. The summed E-state index contributed by atoms with van der Waals surface area (Å²) >= 11 is 0. The Kier molecular flexibility index (Phi) is 5.37. The third-order valence-electron chi connectivity index (χ3n) is 6.99. The molecule has 0 bridgehead atoms. The molecule has 2 aliphatic rings. The van der Waals surface area contributed by atoms with Crippen molar-refractivity contribution in [3.05, 3.63) is 65.7 Å². The second kappa shape index (κ2) is 8.65. The van der Waals surface area contributed by atoms with Crippen molar-refractivity contribution in [2.45, 2.75) is 18.4 Å². The Labute approximate surface area is 217 Å². The van der Waals surface area contributed by atoms with E-state index in [4.69, 9.17) is 9.15 Å². The van der Waals surface area contributed by atoms with Crippen LogP contribution in [0.15, 0.2) is 53.2 Å². The molecule has 11 heteroatoms. The van der Waals surface area contributed by atoms with E-state index in [1.807, 2.05) is 20.2 Å². The normalized spacial score (nSPS) is 18.7. The molecule has 0 spiro atoms. The van der Waals surface area contributed by atoms with E-state index in [1.54, 1.807) is 52.5 Å². The minimum Gasteiger partial charge on any atom is -0.497 e. The quantitative estimate of drug-likeness (QED) is 0.387. The lowest BCUT2D eigenvalue weighted by molar-refractivity contribution is -0.127. The molecule has 3 aromatic heterocycles. The zero-order chi connectivity index (χ0) is 26.6. The molecule has 4 aromatic rings. The van der Waals surface area contributed by atoms with Gasteiger partial charge in [-0.3, -0.25) is 19.7 Å². The number of anilines is 1. The molecule has 1 saturated heterocycles. The number of hydrogen-bond acceptors (Lipinski definition) is 9. The van der Waals surface area contributed by atoms with Crippen LogP contribution in [-0.2, 0) is 21.5 Å². The lowest BCUT2D eigenvalue weighted by atomic mass is 9.82. The van der Waals surface area contributed by atoms with E-state index in [0.717, 1.165) is 11.1 Å². The highest BCUT2D eigenvalue weighted by atomic mass is 16.5. The molecule has 38 heavy (non-hydrogen) atoms. The van der Waals surface area contributed by atoms with Gasteiger partial charge in [-0.1, -0.05) is 6.07 Å². The number of imide groups is 1. The predicted octanol–water partition coefficient (Wildman–Crippen LogP) is 2.30. The first-order valence-corrected chi connectivity index (χ1v) is 12.0. The molecule has 0 saturated carbocycles. The molecule has 11 nitrogen and oxygen atoms in total. The van der Waals surface area contributed by atoms with Gasteiger partial charge in [0.25, 0.3) is 5.91 Å². The van der Waals surface area contributed by atoms with E-state index in [1.165, 1.54) is 7.11 Å². The van der Waals surface area contributed by atoms with Crippen molar-refractivity contribution in [3.8, 4) is 17.0 Å². The summed E-state index contributed by atoms with van der Waals surface area (Å²) in [4.78, 5) is 55.6. The van der Waals surface area contributed by atoms with E-state index in [-0.39, 0.29) is 24.6 Å². The van der Waals surface area contributed by atoms with Gasteiger partial charge in [0.15, 0.2) is 5.58 Å². The third-order valence-corrected chi connectivity index (χ3v) is 6.99. The van der Waals surface area contributed by atoms with Crippen LogP contribution in [0.4, 0.5) is 5.95 Å². The number of pyridine rings is 1. The molecule has 0 radical (unpaired) electrons. The Morgan fingerprint density at radius 3 is 2.58 bits per heavy atom. The summed E-state index contributed by atoms with van der Waals surface area (Å²) in [5.74, 6) is 0.271. The Morgan fingerprint density at radius 2 is 1.89 bits per heavy atom. The van der Waals surface area contributed by atoms with Crippen molar-refractivity contribution < 1.29 is 23.5 Å². The van der Waals surface area contributed by atoms with Crippen LogP contribution in [-0.4, -0.2) is 65.3 Å². The van der Waals surface area contributed by atoms with E-state index < -0.39 is 17.2 Å². The standard InChI is InChI=1S/C27H24N6O5/c1-32(2)26-28-11-16(12-29-26)19-6-7-21-20(30-19)9-22(38-21)27(10-23(34)31-25(27)36)14-33-13-15-4-5-17(37-3)8-18(15)24(33)35/h4-9,11-12H,10,13-14H2,1-3H3,(H,31,34,36)/t27-/m1/s1. The van der Waals surface area contributed by atoms with E-state index in [0.29, 0.717) is 40.6 Å². The molecule has 192 valence electrons. The highest BCUT2D eigenvalue weighted by Gasteiger charge is 2.53. The topological polar surface area (TPSA) is 131 Å². The third kappa shape index (κ3) is 3.74. The molecule has 1 atom stereocenters. The van der Waals surface area contributed by atoms with Gasteiger partial charge in [0.05, 0.1) is 19.2 Å². The summed E-state index contributed by atoms with van der Waals surface area (Å²) in [6, 6.07) is 10.5. The highest BCUT2D eigenvalue weighted by Crippen LogP contribution is 2.39. The molecule has 3 amide bonds. The van der Waals surface area contributed by atoms with Gasteiger partial charge in [0.2, 0.25) is 17.8 Å². The molecule has 1 aromatic carbocycles. The zero-order valence-electron chi connectivity index (χ0n) is 21.0. The second-order valence-corrected chi connectivity index (χ2v) is 9.68. The van der Waals surface area contributed by atoms with Gasteiger partial charge >= 0.3 is 0 Å². The van der Waals surface area contributed by atoms with Gasteiger partial charge in [-0.15, -0.1) is 0 Å². The first kappa shape index (κ1) is 23.6. The number of fused-ring (bicyclic) bond motifs is 2. The number of carbonyl (C=O) groups excluding carboxylic acids is 3. The van der Waals surface area contributed by atoms with Crippen LogP contribution in [0.1, 0.15) is 28.1 Å². The fourth-order valence-corrected chi connectivity index (χ4v) is 4.98. The molecular formula is C27H24N6O5. The predicted molar refractivity (Wildman–Crippen MR) is 137 cm³/mol. The van der Waals surface area contributed by atoms with Gasteiger partial charge in [0, 0.05) is 56.8 Å². The number of hydrogen-bond donors (Lipinski definition) is 1. The van der Waals surface area contributed by atoms with Crippen LogP contribution < -0.4 is 15.0 Å². The van der Waals surface area contributed by atoms with E-state index in [9.17, 15) is 14.4 Å². The van der Waals surface area contributed by atoms with Gasteiger partial charge in [-0.25, -0.2) is 15.0 Å². The number of nitrogens with one attached hydrogen (secondary N) is 1. The van der Waals surface area contributed by atoms with E-state index >= 15 is 0 Å². The van der Waals surface area contributed by atoms with Crippen molar-refractivity contribution in [1.82, 2.24) is 25.2 Å². The van der Waals surface area contributed by atoms with Gasteiger partial charge < -0.3 is 19.0 Å². The second-order valence-electron chi connectivity index (χ2n) is 9.68. The van der Waals surface area contributed by atoms with Crippen LogP contribution in [0.5, 0.6) is 5.75 Å². The van der Waals surface area contributed by atoms with Crippen molar-refractivity contribution >= 4 is 34.8 Å². The Bertz CT molecular complexity index is 1610. The molecule has 5 heterocycles. The number of carbonyl (C=O) groups is 3. The van der Waals surface area contributed by atoms with Gasteiger partial charge in [-0.2, -0.15) is 0 Å². The van der Waals surface area contributed by atoms with Crippen LogP contribution in [0.2, 0.25) is 0 Å². The Morgan fingerprint density at radius 1 is 1.11 bits per heavy atom. The van der Waals surface area contributed by atoms with Crippen molar-refractivity contribution in [3.63, 3.8) is 0 Å². The zero-order valence-corrected chi connectivity index (χ0v) is 21.0. The fraction of sp³-hybridized carbons (Fsp3) is 0.259. The fourth-order valence-electron chi connectivity index (χ4n) is 4.98. The minimum atomic E-state index is -1.38. The number of rotatable bonds is 6. The number of furan rings is 1. The summed E-state index contributed by atoms with van der Waals surface area (Å²) < 4.78 is 11.4. The van der Waals surface area contributed by atoms with Gasteiger partial charge in [0.1, 0.15) is 22.4 Å². The first-order chi connectivity index (χ1) is 18.3. The summed E-state index contributed by atoms with van der Waals surface area (Å²) in [5, 5.41) is 2.39. The van der Waals surface area contributed by atoms with Crippen LogP contribution in [0.25, 0.3) is 22.4 Å². The smallest absolute Gasteiger partial charge is 0.254 e. The summed E-state index contributed by atoms with van der Waals surface area (Å²) in [5.41, 5.74) is 2.30. The molecule has 2 aliphatic heterocycles. The average molecular weight is 513 g/mol. The van der Waals surface area contributed by atoms with Crippen molar-refractivity contribution in [2.24, 2.45) is 0 Å².